The third kappa shape index (κ3) is 5.83. The Morgan fingerprint density at radius 3 is 2.57 bits per heavy atom. The number of halogens is 1. The van der Waals surface area contributed by atoms with Crippen molar-refractivity contribution in [3.63, 3.8) is 0 Å². The standard InChI is InChI=1S/C21H22ClN3O2S/c1-6-7-15-8-11-19(23-13-15)20(26)24-16-9-10-18(22)17(12-16)14(2)25-28(27)21(3,4)5/h8-13H,1-5H3,(H,24,26)/t28-/m1/s1. The zero-order valence-corrected chi connectivity index (χ0v) is 18.0. The molecule has 0 unspecified atom stereocenters. The highest BCUT2D eigenvalue weighted by atomic mass is 35.5. The van der Waals surface area contributed by atoms with E-state index in [4.69, 9.17) is 11.6 Å². The summed E-state index contributed by atoms with van der Waals surface area (Å²) in [5.41, 5.74) is 2.71. The van der Waals surface area contributed by atoms with Gasteiger partial charge in [-0.3, -0.25) is 4.79 Å². The largest absolute Gasteiger partial charge is 0.591 e. The van der Waals surface area contributed by atoms with Crippen molar-refractivity contribution < 1.29 is 9.35 Å². The van der Waals surface area contributed by atoms with Gasteiger partial charge in [-0.2, -0.15) is 0 Å². The van der Waals surface area contributed by atoms with Crippen LogP contribution in [0.1, 0.15) is 56.2 Å². The van der Waals surface area contributed by atoms with Gasteiger partial charge in [0.25, 0.3) is 5.91 Å². The van der Waals surface area contributed by atoms with E-state index < -0.39 is 16.1 Å². The van der Waals surface area contributed by atoms with Crippen LogP contribution in [0, 0.1) is 11.8 Å². The fourth-order valence-electron chi connectivity index (χ4n) is 2.13. The number of hydrogen-bond acceptors (Lipinski definition) is 4. The summed E-state index contributed by atoms with van der Waals surface area (Å²) in [6.07, 6.45) is 1.55. The Morgan fingerprint density at radius 1 is 1.29 bits per heavy atom. The number of aromatic nitrogens is 1. The molecule has 146 valence electrons. The SMILES string of the molecule is CC#Cc1ccc(C(=O)Nc2ccc(Cl)c(C(C)=N[S@+]([O-])C(C)(C)C)c2)nc1. The minimum absolute atomic E-state index is 0.275. The van der Waals surface area contributed by atoms with Crippen molar-refractivity contribution in [2.75, 3.05) is 5.32 Å². The second-order valence-electron chi connectivity index (χ2n) is 6.99. The summed E-state index contributed by atoms with van der Waals surface area (Å²) in [6.45, 7) is 9.03. The molecule has 0 bridgehead atoms. The van der Waals surface area contributed by atoms with Gasteiger partial charge in [-0.25, -0.2) is 4.98 Å². The average Bonchev–Trinajstić information content (AvgIpc) is 2.63. The molecule has 0 fully saturated rings. The Bertz CT molecular complexity index is 954. The monoisotopic (exact) mass is 415 g/mol. The van der Waals surface area contributed by atoms with Crippen LogP contribution in [0.2, 0.25) is 5.02 Å². The first-order valence-corrected chi connectivity index (χ1v) is 10.1. The topological polar surface area (TPSA) is 77.4 Å². The summed E-state index contributed by atoms with van der Waals surface area (Å²) in [7, 11) is 0. The molecule has 2 aromatic rings. The van der Waals surface area contributed by atoms with E-state index in [2.05, 4.69) is 26.5 Å². The third-order valence-corrected chi connectivity index (χ3v) is 5.44. The molecule has 0 saturated heterocycles. The molecule has 1 N–H and O–H groups in total. The second-order valence-corrected chi connectivity index (χ2v) is 9.31. The van der Waals surface area contributed by atoms with E-state index in [-0.39, 0.29) is 11.6 Å². The fourth-order valence-corrected chi connectivity index (χ4v) is 3.01. The van der Waals surface area contributed by atoms with Crippen molar-refractivity contribution in [1.29, 1.82) is 0 Å². The molecule has 0 saturated carbocycles. The average molecular weight is 416 g/mol. The van der Waals surface area contributed by atoms with Crippen molar-refractivity contribution in [2.45, 2.75) is 39.4 Å². The van der Waals surface area contributed by atoms with Crippen molar-refractivity contribution in [3.8, 4) is 11.8 Å². The van der Waals surface area contributed by atoms with Crippen LogP contribution >= 0.6 is 11.6 Å². The molecule has 0 spiro atoms. The highest BCUT2D eigenvalue weighted by Gasteiger charge is 2.27. The molecule has 1 aromatic heterocycles. The number of nitrogens with one attached hydrogen (secondary N) is 1. The summed E-state index contributed by atoms with van der Waals surface area (Å²) in [5.74, 6) is 5.31. The minimum Gasteiger partial charge on any atom is -0.591 e. The van der Waals surface area contributed by atoms with Crippen LogP contribution in [-0.2, 0) is 11.4 Å². The lowest BCUT2D eigenvalue weighted by Gasteiger charge is -2.19. The van der Waals surface area contributed by atoms with Gasteiger partial charge in [0.15, 0.2) is 0 Å². The van der Waals surface area contributed by atoms with Gasteiger partial charge >= 0.3 is 0 Å². The van der Waals surface area contributed by atoms with Gasteiger partial charge in [-0.1, -0.05) is 21.9 Å². The number of carbonyl (C=O) groups excluding carboxylic acids is 1. The van der Waals surface area contributed by atoms with Gasteiger partial charge < -0.3 is 9.87 Å². The first-order valence-electron chi connectivity index (χ1n) is 8.59. The number of hydrogen-bond donors (Lipinski definition) is 1. The Morgan fingerprint density at radius 2 is 2.00 bits per heavy atom. The first kappa shape index (κ1) is 22.0. The first-order chi connectivity index (χ1) is 13.1. The molecule has 0 aliphatic heterocycles. The smallest absolute Gasteiger partial charge is 0.274 e. The van der Waals surface area contributed by atoms with Crippen LogP contribution in [0.3, 0.4) is 0 Å². The second kappa shape index (κ2) is 9.24. The van der Waals surface area contributed by atoms with Gasteiger partial charge in [0, 0.05) is 28.0 Å². The van der Waals surface area contributed by atoms with Crippen molar-refractivity contribution in [2.24, 2.45) is 4.40 Å². The molecule has 2 rings (SSSR count). The molecule has 1 aromatic carbocycles. The van der Waals surface area contributed by atoms with Crippen molar-refractivity contribution in [3.05, 3.63) is 58.4 Å². The fraction of sp³-hybridized carbons (Fsp3) is 0.286. The summed E-state index contributed by atoms with van der Waals surface area (Å²) < 4.78 is 16.1. The number of benzene rings is 1. The molecule has 1 atom stereocenters. The predicted molar refractivity (Wildman–Crippen MR) is 116 cm³/mol. The summed E-state index contributed by atoms with van der Waals surface area (Å²) >= 11 is 4.87. The van der Waals surface area contributed by atoms with E-state index in [1.165, 1.54) is 0 Å². The van der Waals surface area contributed by atoms with Crippen LogP contribution in [0.4, 0.5) is 5.69 Å². The van der Waals surface area contributed by atoms with Crippen LogP contribution < -0.4 is 5.32 Å². The van der Waals surface area contributed by atoms with Gasteiger partial charge in [0.1, 0.15) is 21.8 Å². The highest BCUT2D eigenvalue weighted by Crippen LogP contribution is 2.24. The molecule has 28 heavy (non-hydrogen) atoms. The summed E-state index contributed by atoms with van der Waals surface area (Å²) in [4.78, 5) is 16.6. The zero-order valence-electron chi connectivity index (χ0n) is 16.5. The van der Waals surface area contributed by atoms with E-state index in [0.717, 1.165) is 5.56 Å². The maximum atomic E-state index is 12.4. The summed E-state index contributed by atoms with van der Waals surface area (Å²) in [6, 6.07) is 8.42. The molecular formula is C21H22ClN3O2S. The Kier molecular flexibility index (Phi) is 7.25. The molecule has 1 heterocycles. The van der Waals surface area contributed by atoms with Gasteiger partial charge in [0.2, 0.25) is 0 Å². The van der Waals surface area contributed by atoms with E-state index in [1.807, 2.05) is 20.8 Å². The lowest BCUT2D eigenvalue weighted by atomic mass is 10.1. The van der Waals surface area contributed by atoms with E-state index in [9.17, 15) is 9.35 Å². The predicted octanol–water partition coefficient (Wildman–Crippen LogP) is 4.63. The van der Waals surface area contributed by atoms with E-state index in [1.54, 1.807) is 50.4 Å². The lowest BCUT2D eigenvalue weighted by molar-refractivity contribution is 0.102. The quantitative estimate of drug-likeness (QED) is 0.449. The number of anilines is 1. The number of rotatable bonds is 4. The number of pyridine rings is 1. The minimum atomic E-state index is -1.41. The normalized spacial score (nSPS) is 12.8. The molecule has 0 aliphatic carbocycles. The Balaban J connectivity index is 2.23. The van der Waals surface area contributed by atoms with Crippen LogP contribution in [0.5, 0.6) is 0 Å². The molecule has 7 heteroatoms. The number of carbonyl (C=O) groups is 1. The van der Waals surface area contributed by atoms with Gasteiger partial charge in [-0.05, 0) is 65.0 Å². The van der Waals surface area contributed by atoms with Crippen LogP contribution in [-0.4, -0.2) is 25.9 Å². The van der Waals surface area contributed by atoms with Gasteiger partial charge in [-0.15, -0.1) is 5.92 Å². The Labute approximate surface area is 173 Å². The van der Waals surface area contributed by atoms with Crippen molar-refractivity contribution >= 4 is 40.3 Å². The molecule has 1 amide bonds. The molecule has 0 radical (unpaired) electrons. The van der Waals surface area contributed by atoms with E-state index >= 15 is 0 Å². The van der Waals surface area contributed by atoms with Crippen molar-refractivity contribution in [1.82, 2.24) is 4.98 Å². The maximum absolute atomic E-state index is 12.4. The molecule has 5 nitrogen and oxygen atoms in total. The Hall–Kier alpha value is -2.33. The molecular weight excluding hydrogens is 394 g/mol. The lowest BCUT2D eigenvalue weighted by Crippen LogP contribution is -2.26. The van der Waals surface area contributed by atoms with Crippen LogP contribution in [0.15, 0.2) is 40.9 Å². The number of nitrogens with zero attached hydrogens (tertiary/aromatic N) is 2. The number of amides is 1. The van der Waals surface area contributed by atoms with E-state index in [0.29, 0.717) is 22.0 Å². The summed E-state index contributed by atoms with van der Waals surface area (Å²) in [5, 5.41) is 3.25. The van der Waals surface area contributed by atoms with Gasteiger partial charge in [0.05, 0.1) is 5.71 Å². The molecule has 0 aliphatic rings. The zero-order chi connectivity index (χ0) is 20.9. The highest BCUT2D eigenvalue weighted by molar-refractivity contribution is 7.91. The maximum Gasteiger partial charge on any atom is 0.274 e. The van der Waals surface area contributed by atoms with Crippen LogP contribution in [0.25, 0.3) is 0 Å². The third-order valence-electron chi connectivity index (χ3n) is 3.62.